The second-order valence-corrected chi connectivity index (χ2v) is 7.29. The molecule has 0 bridgehead atoms. The molecule has 1 atom stereocenters. The van der Waals surface area contributed by atoms with Crippen LogP contribution in [0.25, 0.3) is 11.0 Å². The fourth-order valence-corrected chi connectivity index (χ4v) is 3.43. The lowest BCUT2D eigenvalue weighted by Crippen LogP contribution is -2.30. The number of nitrogens with one attached hydrogen (secondary N) is 1. The Labute approximate surface area is 181 Å². The highest BCUT2D eigenvalue weighted by molar-refractivity contribution is 5.83. The van der Waals surface area contributed by atoms with E-state index in [1.807, 2.05) is 84.3 Å². The number of ether oxygens (including phenoxy) is 2. The van der Waals surface area contributed by atoms with E-state index in [2.05, 4.69) is 10.3 Å². The zero-order valence-electron chi connectivity index (χ0n) is 17.6. The predicted octanol–water partition coefficient (Wildman–Crippen LogP) is 4.50. The third-order valence-electron chi connectivity index (χ3n) is 5.21. The average Bonchev–Trinajstić information content (AvgIpc) is 3.25. The van der Waals surface area contributed by atoms with E-state index in [0.29, 0.717) is 24.7 Å². The van der Waals surface area contributed by atoms with Gasteiger partial charge < -0.3 is 19.4 Å². The molecule has 1 N–H and O–H groups in total. The first kappa shape index (κ1) is 20.5. The molecule has 0 aliphatic carbocycles. The topological polar surface area (TPSA) is 65.4 Å². The molecular formula is C25H25N3O3. The summed E-state index contributed by atoms with van der Waals surface area (Å²) in [5, 5.41) is 3.00. The lowest BCUT2D eigenvalue weighted by Gasteiger charge is -2.16. The summed E-state index contributed by atoms with van der Waals surface area (Å²) in [4.78, 5) is 17.1. The monoisotopic (exact) mass is 415 g/mol. The van der Waals surface area contributed by atoms with Crippen LogP contribution in [0.3, 0.4) is 0 Å². The maximum absolute atomic E-state index is 12.7. The van der Waals surface area contributed by atoms with Gasteiger partial charge in [-0.3, -0.25) is 4.79 Å². The number of methoxy groups -OCH3 is 1. The predicted molar refractivity (Wildman–Crippen MR) is 120 cm³/mol. The van der Waals surface area contributed by atoms with Crippen molar-refractivity contribution in [3.05, 3.63) is 90.3 Å². The fourth-order valence-electron chi connectivity index (χ4n) is 3.43. The van der Waals surface area contributed by atoms with Gasteiger partial charge in [0.05, 0.1) is 24.5 Å². The number of fused-ring (bicyclic) bond motifs is 1. The lowest BCUT2D eigenvalue weighted by atomic mass is 10.2. The Kier molecular flexibility index (Phi) is 6.17. The van der Waals surface area contributed by atoms with Crippen LogP contribution in [0.5, 0.6) is 11.5 Å². The SMILES string of the molecule is COc1cc(CNC(=O)C(C)n2cnc3ccccc32)ccc1OCc1ccccc1. The van der Waals surface area contributed by atoms with E-state index in [1.165, 1.54) is 0 Å². The molecule has 4 rings (SSSR count). The van der Waals surface area contributed by atoms with Gasteiger partial charge in [0.25, 0.3) is 0 Å². The van der Waals surface area contributed by atoms with Crippen LogP contribution in [0.15, 0.2) is 79.1 Å². The third-order valence-corrected chi connectivity index (χ3v) is 5.21. The van der Waals surface area contributed by atoms with Gasteiger partial charge >= 0.3 is 0 Å². The van der Waals surface area contributed by atoms with Gasteiger partial charge in [-0.25, -0.2) is 4.98 Å². The standard InChI is InChI=1S/C25H25N3O3/c1-18(28-17-27-21-10-6-7-11-22(21)28)25(29)26-15-20-12-13-23(24(14-20)30-2)31-16-19-8-4-3-5-9-19/h3-14,17-18H,15-16H2,1-2H3,(H,26,29). The van der Waals surface area contributed by atoms with Crippen LogP contribution < -0.4 is 14.8 Å². The maximum atomic E-state index is 12.7. The zero-order chi connectivity index (χ0) is 21.6. The first-order chi connectivity index (χ1) is 15.2. The quantitative estimate of drug-likeness (QED) is 0.460. The van der Waals surface area contributed by atoms with Crippen molar-refractivity contribution in [2.24, 2.45) is 0 Å². The van der Waals surface area contributed by atoms with Crippen molar-refractivity contribution in [1.29, 1.82) is 0 Å². The van der Waals surface area contributed by atoms with Gasteiger partial charge in [0.15, 0.2) is 11.5 Å². The summed E-state index contributed by atoms with van der Waals surface area (Å²) in [5.41, 5.74) is 3.83. The Morgan fingerprint density at radius 3 is 2.58 bits per heavy atom. The molecule has 0 aliphatic heterocycles. The average molecular weight is 415 g/mol. The van der Waals surface area contributed by atoms with E-state index in [1.54, 1.807) is 13.4 Å². The first-order valence-corrected chi connectivity index (χ1v) is 10.2. The minimum atomic E-state index is -0.372. The van der Waals surface area contributed by atoms with Crippen LogP contribution in [0.1, 0.15) is 24.1 Å². The minimum absolute atomic E-state index is 0.0773. The van der Waals surface area contributed by atoms with Crippen LogP contribution in [0, 0.1) is 0 Å². The van der Waals surface area contributed by atoms with Gasteiger partial charge in [0.1, 0.15) is 12.6 Å². The number of imidazole rings is 1. The molecule has 6 heteroatoms. The Bertz CT molecular complexity index is 1170. The zero-order valence-corrected chi connectivity index (χ0v) is 17.6. The molecule has 3 aromatic carbocycles. The van der Waals surface area contributed by atoms with Crippen molar-refractivity contribution in [3.8, 4) is 11.5 Å². The highest BCUT2D eigenvalue weighted by atomic mass is 16.5. The van der Waals surface area contributed by atoms with Crippen LogP contribution in [0.4, 0.5) is 0 Å². The van der Waals surface area contributed by atoms with Crippen molar-refractivity contribution in [2.45, 2.75) is 26.1 Å². The van der Waals surface area contributed by atoms with Crippen molar-refractivity contribution in [2.75, 3.05) is 7.11 Å². The smallest absolute Gasteiger partial charge is 0.243 e. The minimum Gasteiger partial charge on any atom is -0.493 e. The summed E-state index contributed by atoms with van der Waals surface area (Å²) < 4.78 is 13.3. The highest BCUT2D eigenvalue weighted by Crippen LogP contribution is 2.29. The molecule has 0 aliphatic rings. The molecule has 0 saturated heterocycles. The van der Waals surface area contributed by atoms with Gasteiger partial charge in [-0.15, -0.1) is 0 Å². The number of amides is 1. The molecule has 31 heavy (non-hydrogen) atoms. The third kappa shape index (κ3) is 4.69. The molecule has 1 amide bonds. The Balaban J connectivity index is 1.39. The Hall–Kier alpha value is -3.80. The van der Waals surface area contributed by atoms with Crippen LogP contribution in [-0.2, 0) is 17.9 Å². The summed E-state index contributed by atoms with van der Waals surface area (Å²) >= 11 is 0. The number of nitrogens with zero attached hydrogens (tertiary/aromatic N) is 2. The second kappa shape index (κ2) is 9.34. The van der Waals surface area contributed by atoms with E-state index in [0.717, 1.165) is 22.2 Å². The Morgan fingerprint density at radius 1 is 1.00 bits per heavy atom. The molecule has 1 heterocycles. The number of para-hydroxylation sites is 2. The molecule has 1 unspecified atom stereocenters. The van der Waals surface area contributed by atoms with Crippen LogP contribution in [0.2, 0.25) is 0 Å². The van der Waals surface area contributed by atoms with Crippen LogP contribution in [-0.4, -0.2) is 22.6 Å². The van der Waals surface area contributed by atoms with E-state index < -0.39 is 0 Å². The van der Waals surface area contributed by atoms with Gasteiger partial charge in [0.2, 0.25) is 5.91 Å². The molecule has 6 nitrogen and oxygen atoms in total. The summed E-state index contributed by atoms with van der Waals surface area (Å²) in [7, 11) is 1.61. The number of rotatable bonds is 8. The first-order valence-electron chi connectivity index (χ1n) is 10.2. The van der Waals surface area contributed by atoms with E-state index >= 15 is 0 Å². The van der Waals surface area contributed by atoms with Gasteiger partial charge in [0, 0.05) is 6.54 Å². The summed E-state index contributed by atoms with van der Waals surface area (Å²) in [6, 6.07) is 23.1. The Morgan fingerprint density at radius 2 is 1.77 bits per heavy atom. The van der Waals surface area contributed by atoms with E-state index in [9.17, 15) is 4.79 Å². The summed E-state index contributed by atoms with van der Waals surface area (Å²) in [6.45, 7) is 2.72. The molecule has 0 saturated carbocycles. The largest absolute Gasteiger partial charge is 0.493 e. The number of aromatic nitrogens is 2. The molecule has 1 aromatic heterocycles. The molecule has 158 valence electrons. The van der Waals surface area contributed by atoms with Crippen LogP contribution >= 0.6 is 0 Å². The van der Waals surface area contributed by atoms with Gasteiger partial charge in [-0.05, 0) is 42.3 Å². The van der Waals surface area contributed by atoms with Crippen molar-refractivity contribution in [1.82, 2.24) is 14.9 Å². The normalized spacial score (nSPS) is 11.8. The van der Waals surface area contributed by atoms with Gasteiger partial charge in [-0.1, -0.05) is 48.5 Å². The molecular weight excluding hydrogens is 390 g/mol. The fraction of sp³-hybridized carbons (Fsp3) is 0.200. The molecule has 0 spiro atoms. The summed E-state index contributed by atoms with van der Waals surface area (Å²) in [6.07, 6.45) is 1.71. The molecule has 0 radical (unpaired) electrons. The van der Waals surface area contributed by atoms with Crippen molar-refractivity contribution in [3.63, 3.8) is 0 Å². The maximum Gasteiger partial charge on any atom is 0.243 e. The number of hydrogen-bond donors (Lipinski definition) is 1. The number of benzene rings is 3. The molecule has 0 fully saturated rings. The number of carbonyl (C=O) groups is 1. The molecule has 4 aromatic rings. The second-order valence-electron chi connectivity index (χ2n) is 7.29. The number of carbonyl (C=O) groups excluding carboxylic acids is 1. The van der Waals surface area contributed by atoms with Crippen molar-refractivity contribution >= 4 is 16.9 Å². The number of hydrogen-bond acceptors (Lipinski definition) is 4. The van der Waals surface area contributed by atoms with E-state index in [-0.39, 0.29) is 11.9 Å². The lowest BCUT2D eigenvalue weighted by molar-refractivity contribution is -0.123. The van der Waals surface area contributed by atoms with Gasteiger partial charge in [-0.2, -0.15) is 0 Å². The highest BCUT2D eigenvalue weighted by Gasteiger charge is 2.17. The summed E-state index contributed by atoms with van der Waals surface area (Å²) in [5.74, 6) is 1.22. The van der Waals surface area contributed by atoms with Crippen molar-refractivity contribution < 1.29 is 14.3 Å². The van der Waals surface area contributed by atoms with E-state index in [4.69, 9.17) is 9.47 Å².